The van der Waals surface area contributed by atoms with E-state index < -0.39 is 29.4 Å². The molecule has 0 radical (unpaired) electrons. The molecular weight excluding hydrogens is 484 g/mol. The van der Waals surface area contributed by atoms with Crippen LogP contribution in [0.15, 0.2) is 15.6 Å². The molecule has 1 aromatic heterocycles. The van der Waals surface area contributed by atoms with Gasteiger partial charge in [-0.05, 0) is 54.4 Å². The Morgan fingerprint density at radius 3 is 2.46 bits per heavy atom. The number of urea groups is 1. The molecule has 0 unspecified atom stereocenters. The molecule has 2 atom stereocenters. The average Bonchev–Trinajstić information content (AvgIpc) is 3.27. The van der Waals surface area contributed by atoms with Gasteiger partial charge in [-0.3, -0.25) is 10.5 Å². The maximum absolute atomic E-state index is 12.3. The van der Waals surface area contributed by atoms with Crippen LogP contribution in [0.4, 0.5) is 14.4 Å². The lowest BCUT2D eigenvalue weighted by Crippen LogP contribution is -2.56. The third kappa shape index (κ3) is 6.51. The first-order valence-electron chi connectivity index (χ1n) is 12.5. The number of aliphatic imine (C=N–C) groups is 1. The van der Waals surface area contributed by atoms with Crippen LogP contribution < -0.4 is 5.32 Å². The van der Waals surface area contributed by atoms with Crippen LogP contribution in [0.3, 0.4) is 0 Å². The zero-order valence-electron chi connectivity index (χ0n) is 22.2. The Morgan fingerprint density at radius 2 is 1.81 bits per heavy atom. The van der Waals surface area contributed by atoms with Crippen LogP contribution >= 0.6 is 0 Å². The Balaban J connectivity index is 1.36. The van der Waals surface area contributed by atoms with E-state index in [1.165, 1.54) is 0 Å². The van der Waals surface area contributed by atoms with Crippen LogP contribution in [-0.4, -0.2) is 86.3 Å². The van der Waals surface area contributed by atoms with E-state index in [0.717, 1.165) is 5.06 Å². The summed E-state index contributed by atoms with van der Waals surface area (Å²) >= 11 is 0. The van der Waals surface area contributed by atoms with Gasteiger partial charge in [0.15, 0.2) is 0 Å². The summed E-state index contributed by atoms with van der Waals surface area (Å²) < 4.78 is 16.1. The Labute approximate surface area is 215 Å². The molecule has 4 amide bonds. The first-order valence-corrected chi connectivity index (χ1v) is 12.5. The van der Waals surface area contributed by atoms with Crippen molar-refractivity contribution < 1.29 is 33.6 Å². The third-order valence-electron chi connectivity index (χ3n) is 6.21. The molecule has 1 aromatic rings. The van der Waals surface area contributed by atoms with Gasteiger partial charge in [0.25, 0.3) is 0 Å². The maximum atomic E-state index is 12.3. The Hall–Kier alpha value is -3.35. The highest BCUT2D eigenvalue weighted by molar-refractivity contribution is 5.99. The predicted molar refractivity (Wildman–Crippen MR) is 130 cm³/mol. The summed E-state index contributed by atoms with van der Waals surface area (Å²) in [4.78, 5) is 44.3. The lowest BCUT2D eigenvalue weighted by Gasteiger charge is -2.40. The van der Waals surface area contributed by atoms with Crippen molar-refractivity contribution in [2.45, 2.75) is 84.1 Å². The Kier molecular flexibility index (Phi) is 7.10. The summed E-state index contributed by atoms with van der Waals surface area (Å²) in [5.41, 5.74) is -0.767. The van der Waals surface area contributed by atoms with E-state index in [4.69, 9.17) is 14.0 Å². The third-order valence-corrected chi connectivity index (χ3v) is 6.21. The minimum atomic E-state index is -0.811. The van der Waals surface area contributed by atoms with Crippen LogP contribution in [-0.2, 0) is 15.9 Å². The fourth-order valence-electron chi connectivity index (χ4n) is 4.64. The molecule has 0 aromatic carbocycles. The molecule has 13 heteroatoms. The molecule has 204 valence electrons. The lowest BCUT2D eigenvalue weighted by molar-refractivity contribution is -0.0584. The Bertz CT molecular complexity index is 1070. The van der Waals surface area contributed by atoms with E-state index in [9.17, 15) is 19.6 Å². The number of carbonyl (C=O) groups is 3. The normalized spacial score (nSPS) is 22.7. The molecule has 2 N–H and O–H groups in total. The lowest BCUT2D eigenvalue weighted by atomic mass is 9.94. The number of guanidine groups is 1. The van der Waals surface area contributed by atoms with Gasteiger partial charge in [0, 0.05) is 38.0 Å². The van der Waals surface area contributed by atoms with Gasteiger partial charge in [-0.1, -0.05) is 5.16 Å². The van der Waals surface area contributed by atoms with Gasteiger partial charge in [-0.2, -0.15) is 0 Å². The van der Waals surface area contributed by atoms with E-state index in [0.29, 0.717) is 50.4 Å². The molecule has 37 heavy (non-hydrogen) atoms. The first kappa shape index (κ1) is 26.7. The van der Waals surface area contributed by atoms with Crippen molar-refractivity contribution in [3.63, 3.8) is 0 Å². The molecule has 0 aliphatic carbocycles. The molecule has 3 fully saturated rings. The van der Waals surface area contributed by atoms with Crippen molar-refractivity contribution in [2.24, 2.45) is 10.9 Å². The van der Waals surface area contributed by atoms with Gasteiger partial charge in [0.05, 0.1) is 12.1 Å². The van der Waals surface area contributed by atoms with E-state index in [2.05, 4.69) is 15.5 Å². The second-order valence-electron chi connectivity index (χ2n) is 11.8. The summed E-state index contributed by atoms with van der Waals surface area (Å²) in [7, 11) is 0. The summed E-state index contributed by atoms with van der Waals surface area (Å²) in [5, 5.41) is 17.5. The zero-order valence-corrected chi connectivity index (χ0v) is 22.2. The fourth-order valence-corrected chi connectivity index (χ4v) is 4.64. The monoisotopic (exact) mass is 520 g/mol. The minimum absolute atomic E-state index is 0.0656. The molecule has 0 saturated carbocycles. The summed E-state index contributed by atoms with van der Waals surface area (Å²) in [5.74, 6) is 0.915. The van der Waals surface area contributed by atoms with Gasteiger partial charge in [-0.25, -0.2) is 19.4 Å². The number of nitrogens with one attached hydrogen (secondary N) is 1. The molecular formula is C24H36N6O7. The van der Waals surface area contributed by atoms with Crippen molar-refractivity contribution in [3.05, 3.63) is 17.5 Å². The van der Waals surface area contributed by atoms with E-state index >= 15 is 0 Å². The number of amides is 4. The molecule has 4 heterocycles. The molecule has 4 rings (SSSR count). The number of alkyl carbamates (subject to hydrolysis) is 1. The zero-order chi connectivity index (χ0) is 27.1. The van der Waals surface area contributed by atoms with Crippen molar-refractivity contribution in [3.8, 4) is 0 Å². The van der Waals surface area contributed by atoms with Gasteiger partial charge in [-0.15, -0.1) is 4.99 Å². The molecule has 0 spiro atoms. The summed E-state index contributed by atoms with van der Waals surface area (Å²) in [6.45, 7) is 11.9. The highest BCUT2D eigenvalue weighted by atomic mass is 16.6. The van der Waals surface area contributed by atoms with E-state index in [1.54, 1.807) is 51.3 Å². The maximum Gasteiger partial charge on any atom is 0.437 e. The number of hydrogen-bond acceptors (Lipinski definition) is 8. The van der Waals surface area contributed by atoms with Crippen LogP contribution in [0.2, 0.25) is 0 Å². The van der Waals surface area contributed by atoms with Gasteiger partial charge in [0.2, 0.25) is 5.96 Å². The molecule has 3 aliphatic heterocycles. The largest absolute Gasteiger partial charge is 0.444 e. The highest BCUT2D eigenvalue weighted by Crippen LogP contribution is 2.37. The first-order chi connectivity index (χ1) is 17.2. The SMILES string of the molecule is CC(C)(C)OC(=O)/N=C(\NC(=O)OC(C)(C)C)N1CC(Cc2cc([C@@H]3CC[C@H]4CN3C(=O)N4O)no2)C1. The second kappa shape index (κ2) is 9.84. The quantitative estimate of drug-likeness (QED) is 0.348. The molecule has 3 aliphatic rings. The number of nitrogens with zero attached hydrogens (tertiary/aromatic N) is 5. The van der Waals surface area contributed by atoms with Gasteiger partial charge < -0.3 is 23.8 Å². The highest BCUT2D eigenvalue weighted by Gasteiger charge is 2.45. The smallest absolute Gasteiger partial charge is 0.437 e. The number of piperidine rings is 1. The molecule has 3 saturated heterocycles. The number of rotatable bonds is 3. The Morgan fingerprint density at radius 1 is 1.14 bits per heavy atom. The minimum Gasteiger partial charge on any atom is -0.444 e. The van der Waals surface area contributed by atoms with Crippen LogP contribution in [0.5, 0.6) is 0 Å². The number of ether oxygens (including phenoxy) is 2. The van der Waals surface area contributed by atoms with Crippen LogP contribution in [0, 0.1) is 5.92 Å². The van der Waals surface area contributed by atoms with Crippen molar-refractivity contribution >= 4 is 24.2 Å². The number of hydroxylamine groups is 2. The average molecular weight is 521 g/mol. The fraction of sp³-hybridized carbons (Fsp3) is 0.708. The number of aromatic nitrogens is 1. The van der Waals surface area contributed by atoms with Crippen LogP contribution in [0.25, 0.3) is 0 Å². The number of likely N-dealkylation sites (tertiary alicyclic amines) is 1. The summed E-state index contributed by atoms with van der Waals surface area (Å²) in [6.07, 6.45) is 0.469. The van der Waals surface area contributed by atoms with Crippen molar-refractivity contribution in [1.82, 2.24) is 25.3 Å². The number of hydrogen-bond donors (Lipinski definition) is 2. The number of carbonyl (C=O) groups excluding carboxylic acids is 3. The van der Waals surface area contributed by atoms with Crippen molar-refractivity contribution in [2.75, 3.05) is 19.6 Å². The van der Waals surface area contributed by atoms with Crippen LogP contribution in [0.1, 0.15) is 71.9 Å². The van der Waals surface area contributed by atoms with E-state index in [1.807, 2.05) is 6.07 Å². The molecule has 13 nitrogen and oxygen atoms in total. The van der Waals surface area contributed by atoms with Crippen molar-refractivity contribution in [1.29, 1.82) is 0 Å². The predicted octanol–water partition coefficient (Wildman–Crippen LogP) is 3.30. The summed E-state index contributed by atoms with van der Waals surface area (Å²) in [6, 6.07) is 1.07. The number of fused-ring (bicyclic) bond motifs is 2. The second-order valence-corrected chi connectivity index (χ2v) is 11.8. The standard InChI is InChI=1S/C24H36N6O7/c1-23(2,3)35-20(31)25-19(26-21(32)36-24(4,5)6)28-11-14(12-28)9-16-10-17(27-37-16)18-8-7-15-13-29(18)22(33)30(15)34/h10,14-15,18,34H,7-9,11-13H2,1-6H3,(H,25,26,31,32)/t15-,18-/m0/s1. The van der Waals surface area contributed by atoms with Gasteiger partial charge >= 0.3 is 18.2 Å². The van der Waals surface area contributed by atoms with E-state index in [-0.39, 0.29) is 24.0 Å². The van der Waals surface area contributed by atoms with Gasteiger partial charge in [0.1, 0.15) is 22.7 Å². The molecule has 2 bridgehead atoms. The topological polar surface area (TPSA) is 150 Å².